The van der Waals surface area contributed by atoms with Gasteiger partial charge in [-0.05, 0) is 62.3 Å². The molecule has 2 fully saturated rings. The molecule has 3 aromatic rings. The van der Waals surface area contributed by atoms with Crippen molar-refractivity contribution >= 4 is 58.3 Å². The Bertz CT molecular complexity index is 2240. The Labute approximate surface area is 347 Å². The molecule has 61 heavy (non-hydrogen) atoms. The first-order valence-electron chi connectivity index (χ1n) is 19.7. The highest BCUT2D eigenvalue weighted by molar-refractivity contribution is 5.97. The van der Waals surface area contributed by atoms with E-state index in [0.717, 1.165) is 0 Å². The maximum atomic E-state index is 15.0. The van der Waals surface area contributed by atoms with Gasteiger partial charge in [0.25, 0.3) is 11.5 Å². The number of hydrogen-bond donors (Lipinski definition) is 8. The van der Waals surface area contributed by atoms with Crippen LogP contribution in [-0.2, 0) is 35.2 Å². The van der Waals surface area contributed by atoms with Crippen molar-refractivity contribution in [2.75, 3.05) is 32.7 Å². The number of urea groups is 1. The number of aromatic nitrogens is 2. The van der Waals surface area contributed by atoms with E-state index in [9.17, 15) is 57.8 Å². The molecular formula is C40H47FN8O12. The zero-order valence-electron chi connectivity index (χ0n) is 33.0. The van der Waals surface area contributed by atoms with Gasteiger partial charge in [0.05, 0.1) is 16.6 Å². The van der Waals surface area contributed by atoms with Crippen molar-refractivity contribution < 1.29 is 58.1 Å². The van der Waals surface area contributed by atoms with Crippen molar-refractivity contribution in [3.63, 3.8) is 0 Å². The number of nitrogens with zero attached hydrogens (tertiary/aromatic N) is 3. The Balaban J connectivity index is 1.01. The summed E-state index contributed by atoms with van der Waals surface area (Å²) in [7, 11) is 0. The number of aliphatic carboxylic acids is 3. The highest BCUT2D eigenvalue weighted by atomic mass is 19.1. The Kier molecular flexibility index (Phi) is 15.1. The Hall–Kier alpha value is -6.93. The summed E-state index contributed by atoms with van der Waals surface area (Å²) in [5.74, 6) is -6.63. The first kappa shape index (κ1) is 45.2. The van der Waals surface area contributed by atoms with Gasteiger partial charge >= 0.3 is 23.9 Å². The summed E-state index contributed by atoms with van der Waals surface area (Å²) in [6, 6.07) is 7.18. The second-order valence-corrected chi connectivity index (χ2v) is 14.9. The van der Waals surface area contributed by atoms with Crippen LogP contribution in [0.25, 0.3) is 10.8 Å². The molecular weight excluding hydrogens is 803 g/mol. The number of fused-ring (bicyclic) bond motifs is 1. The van der Waals surface area contributed by atoms with Crippen molar-refractivity contribution in [2.45, 2.75) is 81.8 Å². The minimum absolute atomic E-state index is 0.0570. The van der Waals surface area contributed by atoms with Crippen molar-refractivity contribution in [1.82, 2.24) is 41.3 Å². The molecule has 8 N–H and O–H groups in total. The predicted molar refractivity (Wildman–Crippen MR) is 212 cm³/mol. The molecule has 1 saturated heterocycles. The molecule has 5 rings (SSSR count). The third kappa shape index (κ3) is 12.3. The lowest BCUT2D eigenvalue weighted by Gasteiger charge is -2.36. The molecule has 1 aliphatic heterocycles. The normalized spacial score (nSPS) is 15.2. The van der Waals surface area contributed by atoms with Crippen LogP contribution >= 0.6 is 0 Å². The molecule has 0 spiro atoms. The Morgan fingerprint density at radius 3 is 2.05 bits per heavy atom. The van der Waals surface area contributed by atoms with Crippen LogP contribution in [0.3, 0.4) is 0 Å². The smallest absolute Gasteiger partial charge is 0.326 e. The number of nitrogens with one attached hydrogen (secondary N) is 5. The van der Waals surface area contributed by atoms with Gasteiger partial charge in [0.1, 0.15) is 23.4 Å². The van der Waals surface area contributed by atoms with E-state index in [4.69, 9.17) is 5.11 Å². The standard InChI is InChI=1S/C40H47FN8O12/c41-27-9-8-23(22-30-24-5-1-2-6-25(24)34(54)47-46-30)21-26(27)35(55)48-17-19-49(20-18-48)38(60)40(14-15-40)45-32(51)12-11-31(50)42-16-4-3-7-28(36(56)57)43-39(61)44-29(37(58)59)10-13-33(52)53/h1-2,5-6,8-9,21,28-29H,3-4,7,10-20,22H2,(H,42,50)(H,45,51)(H,47,54)(H,52,53)(H,56,57)(H,58,59)(H2,43,44,61)/t28-,29-/m0/s1. The molecule has 0 bridgehead atoms. The second-order valence-electron chi connectivity index (χ2n) is 14.9. The van der Waals surface area contributed by atoms with Gasteiger partial charge in [-0.15, -0.1) is 0 Å². The van der Waals surface area contributed by atoms with E-state index in [1.54, 1.807) is 35.2 Å². The van der Waals surface area contributed by atoms with Gasteiger partial charge < -0.3 is 46.4 Å². The van der Waals surface area contributed by atoms with Gasteiger partial charge in [-0.25, -0.2) is 23.9 Å². The zero-order valence-corrected chi connectivity index (χ0v) is 33.0. The van der Waals surface area contributed by atoms with Crippen molar-refractivity contribution in [3.05, 3.63) is 75.5 Å². The number of aromatic amines is 1. The zero-order chi connectivity index (χ0) is 44.3. The average molecular weight is 851 g/mol. The summed E-state index contributed by atoms with van der Waals surface area (Å²) in [6.45, 7) is 0.730. The van der Waals surface area contributed by atoms with Crippen LogP contribution in [0, 0.1) is 5.82 Å². The molecule has 0 radical (unpaired) electrons. The topological polar surface area (TPSA) is 298 Å². The van der Waals surface area contributed by atoms with Gasteiger partial charge in [0, 0.05) is 63.8 Å². The van der Waals surface area contributed by atoms with Gasteiger partial charge in [0.15, 0.2) is 0 Å². The number of halogens is 1. The molecule has 2 aromatic carbocycles. The van der Waals surface area contributed by atoms with Crippen LogP contribution in [0.5, 0.6) is 0 Å². The third-order valence-electron chi connectivity index (χ3n) is 10.5. The minimum atomic E-state index is -1.54. The summed E-state index contributed by atoms with van der Waals surface area (Å²) in [5, 5.41) is 44.7. The molecule has 20 nitrogen and oxygen atoms in total. The number of amides is 6. The van der Waals surface area contributed by atoms with Crippen molar-refractivity contribution in [3.8, 4) is 0 Å². The van der Waals surface area contributed by atoms with E-state index in [2.05, 4.69) is 26.1 Å². The average Bonchev–Trinajstić information content (AvgIpc) is 4.02. The number of carbonyl (C=O) groups excluding carboxylic acids is 5. The highest BCUT2D eigenvalue weighted by Gasteiger charge is 2.53. The highest BCUT2D eigenvalue weighted by Crippen LogP contribution is 2.38. The monoisotopic (exact) mass is 850 g/mol. The molecule has 21 heteroatoms. The van der Waals surface area contributed by atoms with Gasteiger partial charge in [0.2, 0.25) is 17.7 Å². The number of rotatable bonds is 20. The van der Waals surface area contributed by atoms with Gasteiger partial charge in [-0.3, -0.25) is 28.8 Å². The Morgan fingerprint density at radius 2 is 1.41 bits per heavy atom. The number of carboxylic acid groups (broad SMARTS) is 3. The van der Waals surface area contributed by atoms with Gasteiger partial charge in [-0.2, -0.15) is 5.10 Å². The molecule has 2 aliphatic rings. The number of carbonyl (C=O) groups is 8. The van der Waals surface area contributed by atoms with Crippen molar-refractivity contribution in [2.24, 2.45) is 0 Å². The van der Waals surface area contributed by atoms with Crippen molar-refractivity contribution in [1.29, 1.82) is 0 Å². The summed E-state index contributed by atoms with van der Waals surface area (Å²) in [6.07, 6.45) is 0.229. The first-order chi connectivity index (χ1) is 29.1. The minimum Gasteiger partial charge on any atom is -0.481 e. The number of H-pyrrole nitrogens is 1. The fourth-order valence-corrected chi connectivity index (χ4v) is 6.94. The third-order valence-corrected chi connectivity index (χ3v) is 10.5. The van der Waals surface area contributed by atoms with E-state index in [1.165, 1.54) is 17.0 Å². The number of benzene rings is 2. The first-order valence-corrected chi connectivity index (χ1v) is 19.7. The van der Waals surface area contributed by atoms with Crippen LogP contribution in [0.4, 0.5) is 9.18 Å². The Morgan fingerprint density at radius 1 is 0.787 bits per heavy atom. The number of piperazine rings is 1. The van der Waals surface area contributed by atoms with E-state index < -0.39 is 77.9 Å². The largest absolute Gasteiger partial charge is 0.481 e. The summed E-state index contributed by atoms with van der Waals surface area (Å²) in [4.78, 5) is 113. The van der Waals surface area contributed by atoms with E-state index in [0.29, 0.717) is 41.3 Å². The fraction of sp³-hybridized carbons (Fsp3) is 0.450. The molecule has 1 aliphatic carbocycles. The molecule has 2 heterocycles. The molecule has 326 valence electrons. The fourth-order valence-electron chi connectivity index (χ4n) is 6.94. The molecule has 1 aromatic heterocycles. The SMILES string of the molecule is O=C(O)CC[C@H](NC(=O)N[C@@H](CCCCNC(=O)CCC(=O)NC1(C(=O)N2CCN(C(=O)c3cc(Cc4n[nH]c(=O)c5ccccc45)ccc3F)CC2)CC1)C(=O)O)C(=O)O. The summed E-state index contributed by atoms with van der Waals surface area (Å²) >= 11 is 0. The van der Waals surface area contributed by atoms with Crippen LogP contribution in [0.15, 0.2) is 47.3 Å². The molecule has 2 atom stereocenters. The van der Waals surface area contributed by atoms with E-state index >= 15 is 0 Å². The number of unbranched alkanes of at least 4 members (excludes halogenated alkanes) is 1. The molecule has 6 amide bonds. The van der Waals surface area contributed by atoms with Crippen LogP contribution in [0.1, 0.15) is 79.4 Å². The molecule has 0 unspecified atom stereocenters. The van der Waals surface area contributed by atoms with Crippen LogP contribution in [0.2, 0.25) is 0 Å². The van der Waals surface area contributed by atoms with Gasteiger partial charge in [-0.1, -0.05) is 24.3 Å². The summed E-state index contributed by atoms with van der Waals surface area (Å²) < 4.78 is 15.0. The maximum absolute atomic E-state index is 15.0. The number of carboxylic acids is 3. The predicted octanol–water partition coefficient (Wildman–Crippen LogP) is 0.723. The quantitative estimate of drug-likeness (QED) is 0.0729. The van der Waals surface area contributed by atoms with E-state index in [1.807, 2.05) is 5.32 Å². The molecule has 1 saturated carbocycles. The lowest BCUT2D eigenvalue weighted by molar-refractivity contribution is -0.141. The second kappa shape index (κ2) is 20.4. The summed E-state index contributed by atoms with van der Waals surface area (Å²) in [5.41, 5.74) is -0.404. The lowest BCUT2D eigenvalue weighted by Crippen LogP contribution is -2.57. The maximum Gasteiger partial charge on any atom is 0.326 e. The van der Waals surface area contributed by atoms with Crippen LogP contribution in [-0.4, -0.2) is 133 Å². The lowest BCUT2D eigenvalue weighted by atomic mass is 10.0. The van der Waals surface area contributed by atoms with E-state index in [-0.39, 0.29) is 81.9 Å². The number of hydrogen-bond acceptors (Lipinski definition) is 10. The van der Waals surface area contributed by atoms with Crippen LogP contribution < -0.4 is 26.8 Å².